The summed E-state index contributed by atoms with van der Waals surface area (Å²) < 4.78 is 0. The van der Waals surface area contributed by atoms with Crippen LogP contribution in [0.2, 0.25) is 0 Å². The van der Waals surface area contributed by atoms with Gasteiger partial charge in [0.1, 0.15) is 5.71 Å². The number of aliphatic carboxylic acids is 1. The topological polar surface area (TPSA) is 61.2 Å². The van der Waals surface area contributed by atoms with Gasteiger partial charge in [0.05, 0.1) is 0 Å². The first-order chi connectivity index (χ1) is 11.0. The smallest absolute Gasteiger partial charge is 0.353 e. The molecule has 0 unspecified atom stereocenters. The van der Waals surface area contributed by atoms with Crippen LogP contribution in [-0.4, -0.2) is 16.8 Å². The molecule has 2 aromatic carbocycles. The predicted molar refractivity (Wildman–Crippen MR) is 94.6 cm³/mol. The Morgan fingerprint density at radius 1 is 0.957 bits per heavy atom. The lowest BCUT2D eigenvalue weighted by Gasteiger charge is -2.07. The van der Waals surface area contributed by atoms with Gasteiger partial charge in [-0.3, -0.25) is 5.41 Å². The van der Waals surface area contributed by atoms with Crippen LogP contribution < -0.4 is 0 Å². The molecule has 0 atom stereocenters. The maximum absolute atomic E-state index is 11.0. The highest BCUT2D eigenvalue weighted by molar-refractivity contribution is 6.40. The van der Waals surface area contributed by atoms with E-state index in [1.54, 1.807) is 0 Å². The summed E-state index contributed by atoms with van der Waals surface area (Å²) in [5, 5.41) is 16.6. The van der Waals surface area contributed by atoms with Gasteiger partial charge in [0.2, 0.25) is 0 Å². The normalized spacial score (nSPS) is 12.1. The molecule has 23 heavy (non-hydrogen) atoms. The highest BCUT2D eigenvalue weighted by atomic mass is 16.4. The number of carbonyl (C=O) groups is 1. The number of hydrogen-bond donors (Lipinski definition) is 2. The fraction of sp³-hybridized carbons (Fsp3) is 0.100. The lowest BCUT2D eigenvalue weighted by Crippen LogP contribution is -2.08. The van der Waals surface area contributed by atoms with Gasteiger partial charge in [-0.25, -0.2) is 4.79 Å². The van der Waals surface area contributed by atoms with Gasteiger partial charge in [-0.2, -0.15) is 0 Å². The second-order valence-electron chi connectivity index (χ2n) is 5.38. The summed E-state index contributed by atoms with van der Waals surface area (Å²) in [5.74, 6) is -1.24. The zero-order valence-electron chi connectivity index (χ0n) is 13.2. The standard InChI is InChI=1S/C20H19NO2/c1-14-8-10-17(11-9-14)18(13-19(21)20(22)23)12-15(2)16-6-4-3-5-7-16/h3-13,21H,1-2H3,(H,22,23). The number of carboxylic acid groups (broad SMARTS) is 1. The lowest BCUT2D eigenvalue weighted by atomic mass is 9.98. The van der Waals surface area contributed by atoms with Gasteiger partial charge in [0, 0.05) is 0 Å². The fourth-order valence-corrected chi connectivity index (χ4v) is 2.19. The molecule has 0 aromatic heterocycles. The number of nitrogens with one attached hydrogen (secondary N) is 1. The molecule has 0 saturated heterocycles. The first kappa shape index (κ1) is 16.4. The number of carboxylic acids is 1. The first-order valence-electron chi connectivity index (χ1n) is 7.31. The maximum atomic E-state index is 11.0. The number of aryl methyl sites for hydroxylation is 1. The average Bonchev–Trinajstić information content (AvgIpc) is 2.55. The van der Waals surface area contributed by atoms with Crippen LogP contribution >= 0.6 is 0 Å². The van der Waals surface area contributed by atoms with Crippen molar-refractivity contribution < 1.29 is 9.90 Å². The van der Waals surface area contributed by atoms with Crippen LogP contribution in [0.15, 0.2) is 66.7 Å². The van der Waals surface area contributed by atoms with Gasteiger partial charge >= 0.3 is 5.97 Å². The van der Waals surface area contributed by atoms with Crippen molar-refractivity contribution in [2.45, 2.75) is 13.8 Å². The van der Waals surface area contributed by atoms with Gasteiger partial charge in [0.25, 0.3) is 0 Å². The zero-order chi connectivity index (χ0) is 16.8. The van der Waals surface area contributed by atoms with Crippen molar-refractivity contribution in [1.29, 1.82) is 5.41 Å². The number of hydrogen-bond acceptors (Lipinski definition) is 2. The molecule has 0 heterocycles. The Labute approximate surface area is 136 Å². The van der Waals surface area contributed by atoms with Crippen LogP contribution in [0, 0.1) is 12.3 Å². The molecule has 3 nitrogen and oxygen atoms in total. The van der Waals surface area contributed by atoms with Gasteiger partial charge in [0.15, 0.2) is 0 Å². The maximum Gasteiger partial charge on any atom is 0.353 e. The third-order valence-corrected chi connectivity index (χ3v) is 3.52. The van der Waals surface area contributed by atoms with E-state index in [9.17, 15) is 4.79 Å². The van der Waals surface area contributed by atoms with E-state index in [0.717, 1.165) is 22.3 Å². The molecule has 0 spiro atoms. The second kappa shape index (κ2) is 7.36. The van der Waals surface area contributed by atoms with Crippen molar-refractivity contribution in [2.75, 3.05) is 0 Å². The van der Waals surface area contributed by atoms with Crippen LogP contribution in [0.4, 0.5) is 0 Å². The second-order valence-corrected chi connectivity index (χ2v) is 5.38. The van der Waals surface area contributed by atoms with E-state index in [-0.39, 0.29) is 0 Å². The highest BCUT2D eigenvalue weighted by Gasteiger charge is 2.07. The van der Waals surface area contributed by atoms with E-state index in [2.05, 4.69) is 0 Å². The van der Waals surface area contributed by atoms with Crippen LogP contribution in [0.1, 0.15) is 23.6 Å². The highest BCUT2D eigenvalue weighted by Crippen LogP contribution is 2.23. The molecule has 0 aliphatic carbocycles. The Morgan fingerprint density at radius 2 is 1.57 bits per heavy atom. The summed E-state index contributed by atoms with van der Waals surface area (Å²) in [4.78, 5) is 11.0. The van der Waals surface area contributed by atoms with Crippen molar-refractivity contribution in [3.8, 4) is 0 Å². The minimum Gasteiger partial charge on any atom is -0.477 e. The Bertz CT molecular complexity index is 769. The Morgan fingerprint density at radius 3 is 2.13 bits per heavy atom. The summed E-state index contributed by atoms with van der Waals surface area (Å²) in [6.45, 7) is 3.97. The molecular weight excluding hydrogens is 286 g/mol. The number of benzene rings is 2. The Kier molecular flexibility index (Phi) is 5.26. The van der Waals surface area contributed by atoms with Crippen LogP contribution in [0.3, 0.4) is 0 Å². The van der Waals surface area contributed by atoms with Gasteiger partial charge in [-0.05, 0) is 42.2 Å². The SMILES string of the molecule is CC(=CC(=CC(=N)C(=O)O)c1ccc(C)cc1)c1ccccc1. The molecule has 0 saturated carbocycles. The van der Waals surface area contributed by atoms with Crippen molar-refractivity contribution in [3.63, 3.8) is 0 Å². The van der Waals surface area contributed by atoms with Crippen molar-refractivity contribution >= 4 is 22.8 Å². The third-order valence-electron chi connectivity index (χ3n) is 3.52. The van der Waals surface area contributed by atoms with Crippen LogP contribution in [0.25, 0.3) is 11.1 Å². The van der Waals surface area contributed by atoms with E-state index in [4.69, 9.17) is 10.5 Å². The lowest BCUT2D eigenvalue weighted by molar-refractivity contribution is -0.129. The monoisotopic (exact) mass is 305 g/mol. The number of rotatable bonds is 5. The van der Waals surface area contributed by atoms with Gasteiger partial charge < -0.3 is 5.11 Å². The summed E-state index contributed by atoms with van der Waals surface area (Å²) >= 11 is 0. The quantitative estimate of drug-likeness (QED) is 0.627. The molecule has 2 aromatic rings. The summed E-state index contributed by atoms with van der Waals surface area (Å²) in [5.41, 5.74) is 4.36. The van der Waals surface area contributed by atoms with Gasteiger partial charge in [-0.15, -0.1) is 0 Å². The molecule has 0 amide bonds. The third kappa shape index (κ3) is 4.51. The number of allylic oxidation sites excluding steroid dienone is 3. The van der Waals surface area contributed by atoms with E-state index in [1.165, 1.54) is 6.08 Å². The largest absolute Gasteiger partial charge is 0.477 e. The Balaban J connectivity index is 2.47. The molecule has 0 fully saturated rings. The predicted octanol–water partition coefficient (Wildman–Crippen LogP) is 4.59. The van der Waals surface area contributed by atoms with E-state index in [0.29, 0.717) is 5.57 Å². The molecule has 0 aliphatic rings. The van der Waals surface area contributed by atoms with Crippen LogP contribution in [-0.2, 0) is 4.79 Å². The van der Waals surface area contributed by atoms with Gasteiger partial charge in [-0.1, -0.05) is 66.2 Å². The first-order valence-corrected chi connectivity index (χ1v) is 7.31. The van der Waals surface area contributed by atoms with E-state index >= 15 is 0 Å². The minimum absolute atomic E-state index is 0.433. The summed E-state index contributed by atoms with van der Waals surface area (Å²) in [6, 6.07) is 17.7. The molecule has 0 aliphatic heterocycles. The van der Waals surface area contributed by atoms with Crippen molar-refractivity contribution in [1.82, 2.24) is 0 Å². The molecule has 0 bridgehead atoms. The van der Waals surface area contributed by atoms with E-state index in [1.807, 2.05) is 74.5 Å². The molecule has 0 radical (unpaired) electrons. The van der Waals surface area contributed by atoms with Crippen LogP contribution in [0.5, 0.6) is 0 Å². The molecule has 3 heteroatoms. The zero-order valence-corrected chi connectivity index (χ0v) is 13.2. The molecule has 2 N–H and O–H groups in total. The average molecular weight is 305 g/mol. The van der Waals surface area contributed by atoms with Crippen molar-refractivity contribution in [2.24, 2.45) is 0 Å². The fourth-order valence-electron chi connectivity index (χ4n) is 2.19. The molecule has 116 valence electrons. The molecular formula is C20H19NO2. The minimum atomic E-state index is -1.24. The summed E-state index contributed by atoms with van der Waals surface area (Å²) in [7, 11) is 0. The Hall–Kier alpha value is -2.94. The summed E-state index contributed by atoms with van der Waals surface area (Å²) in [6.07, 6.45) is 3.30. The molecule has 2 rings (SSSR count). The van der Waals surface area contributed by atoms with Crippen molar-refractivity contribution in [3.05, 3.63) is 83.4 Å². The van der Waals surface area contributed by atoms with E-state index < -0.39 is 11.7 Å².